The topological polar surface area (TPSA) is 59.0 Å². The van der Waals surface area contributed by atoms with Gasteiger partial charge in [-0.25, -0.2) is 4.79 Å². The SMILES string of the molecule is Cl.O=C(O)c1ccccc1OCCN1CCOc2ccccc2C1. The van der Waals surface area contributed by atoms with Crippen molar-refractivity contribution in [1.82, 2.24) is 4.90 Å². The third-order valence-electron chi connectivity index (χ3n) is 3.81. The molecule has 0 unspecified atom stereocenters. The molecule has 0 fully saturated rings. The molecule has 1 aliphatic rings. The Labute approximate surface area is 147 Å². The number of nitrogens with zero attached hydrogens (tertiary/aromatic N) is 1. The molecule has 0 aliphatic carbocycles. The first-order valence-electron chi connectivity index (χ1n) is 7.62. The molecule has 2 aromatic carbocycles. The largest absolute Gasteiger partial charge is 0.492 e. The zero-order chi connectivity index (χ0) is 16.1. The number of hydrogen-bond acceptors (Lipinski definition) is 4. The maximum Gasteiger partial charge on any atom is 0.339 e. The van der Waals surface area contributed by atoms with Crippen LogP contribution < -0.4 is 9.47 Å². The maximum atomic E-state index is 11.2. The van der Waals surface area contributed by atoms with Gasteiger partial charge in [0.25, 0.3) is 0 Å². The lowest BCUT2D eigenvalue weighted by Gasteiger charge is -2.19. The Kier molecular flexibility index (Phi) is 6.46. The molecule has 0 saturated carbocycles. The Hall–Kier alpha value is -2.24. The lowest BCUT2D eigenvalue weighted by Crippen LogP contribution is -2.30. The van der Waals surface area contributed by atoms with Gasteiger partial charge in [-0.1, -0.05) is 30.3 Å². The van der Waals surface area contributed by atoms with Gasteiger partial charge in [-0.2, -0.15) is 0 Å². The van der Waals surface area contributed by atoms with Gasteiger partial charge in [0, 0.05) is 25.2 Å². The van der Waals surface area contributed by atoms with Gasteiger partial charge < -0.3 is 14.6 Å². The van der Waals surface area contributed by atoms with E-state index in [1.54, 1.807) is 24.3 Å². The van der Waals surface area contributed by atoms with Crippen molar-refractivity contribution in [3.63, 3.8) is 0 Å². The standard InChI is InChI=1S/C18H19NO4.ClH/c20-18(21)15-6-2-4-8-17(15)23-12-10-19-9-11-22-16-7-3-1-5-14(16)13-19;/h1-8H,9-13H2,(H,20,21);1H. The number of ether oxygens (including phenoxy) is 2. The van der Waals surface area contributed by atoms with Crippen LogP contribution in [0.15, 0.2) is 48.5 Å². The summed E-state index contributed by atoms with van der Waals surface area (Å²) in [4.78, 5) is 13.4. The average Bonchev–Trinajstić information content (AvgIpc) is 2.77. The second-order valence-corrected chi connectivity index (χ2v) is 5.38. The number of benzene rings is 2. The third kappa shape index (κ3) is 4.40. The number of rotatable bonds is 5. The summed E-state index contributed by atoms with van der Waals surface area (Å²) in [6.45, 7) is 3.42. The quantitative estimate of drug-likeness (QED) is 0.899. The van der Waals surface area contributed by atoms with E-state index in [4.69, 9.17) is 14.6 Å². The number of carboxylic acids is 1. The molecule has 0 aromatic heterocycles. The summed E-state index contributed by atoms with van der Waals surface area (Å²) >= 11 is 0. The van der Waals surface area contributed by atoms with Crippen molar-refractivity contribution in [1.29, 1.82) is 0 Å². The number of hydrogen-bond donors (Lipinski definition) is 1. The first kappa shape index (κ1) is 18.1. The summed E-state index contributed by atoms with van der Waals surface area (Å²) in [5.41, 5.74) is 1.35. The fraction of sp³-hybridized carbons (Fsp3) is 0.278. The van der Waals surface area contributed by atoms with Crippen LogP contribution in [-0.4, -0.2) is 42.3 Å². The van der Waals surface area contributed by atoms with Crippen molar-refractivity contribution >= 4 is 18.4 Å². The molecule has 1 N–H and O–H groups in total. The summed E-state index contributed by atoms with van der Waals surface area (Å²) < 4.78 is 11.4. The monoisotopic (exact) mass is 349 g/mol. The molecule has 5 nitrogen and oxygen atoms in total. The van der Waals surface area contributed by atoms with Gasteiger partial charge in [-0.05, 0) is 18.2 Å². The van der Waals surface area contributed by atoms with Crippen molar-refractivity contribution in [2.75, 3.05) is 26.3 Å². The zero-order valence-electron chi connectivity index (χ0n) is 13.2. The highest BCUT2D eigenvalue weighted by Crippen LogP contribution is 2.22. The Balaban J connectivity index is 0.00000208. The van der Waals surface area contributed by atoms with Crippen LogP contribution in [0.1, 0.15) is 15.9 Å². The van der Waals surface area contributed by atoms with E-state index in [0.29, 0.717) is 25.5 Å². The van der Waals surface area contributed by atoms with Gasteiger partial charge in [0.2, 0.25) is 0 Å². The molecule has 24 heavy (non-hydrogen) atoms. The Morgan fingerprint density at radius 1 is 1.17 bits per heavy atom. The van der Waals surface area contributed by atoms with E-state index in [-0.39, 0.29) is 18.0 Å². The molecule has 0 bridgehead atoms. The normalized spacial score (nSPS) is 13.8. The fourth-order valence-corrected chi connectivity index (χ4v) is 2.62. The number of carboxylic acid groups (broad SMARTS) is 1. The van der Waals surface area contributed by atoms with E-state index in [1.807, 2.05) is 18.2 Å². The Bertz CT molecular complexity index is 692. The maximum absolute atomic E-state index is 11.2. The van der Waals surface area contributed by atoms with E-state index in [2.05, 4.69) is 11.0 Å². The Morgan fingerprint density at radius 2 is 1.92 bits per heavy atom. The van der Waals surface area contributed by atoms with Crippen LogP contribution in [-0.2, 0) is 6.54 Å². The molecular weight excluding hydrogens is 330 g/mol. The number of fused-ring (bicyclic) bond motifs is 1. The lowest BCUT2D eigenvalue weighted by atomic mass is 10.2. The van der Waals surface area contributed by atoms with Crippen LogP contribution in [0.4, 0.5) is 0 Å². The van der Waals surface area contributed by atoms with Gasteiger partial charge >= 0.3 is 5.97 Å². The molecule has 0 amide bonds. The van der Waals surface area contributed by atoms with E-state index >= 15 is 0 Å². The van der Waals surface area contributed by atoms with E-state index in [1.165, 1.54) is 0 Å². The number of para-hydroxylation sites is 2. The second-order valence-electron chi connectivity index (χ2n) is 5.38. The summed E-state index contributed by atoms with van der Waals surface area (Å²) in [5.74, 6) is 0.372. The minimum Gasteiger partial charge on any atom is -0.492 e. The highest BCUT2D eigenvalue weighted by molar-refractivity contribution is 5.90. The molecule has 6 heteroatoms. The number of halogens is 1. The number of aromatic carboxylic acids is 1. The fourth-order valence-electron chi connectivity index (χ4n) is 2.62. The van der Waals surface area contributed by atoms with Crippen molar-refractivity contribution in [2.24, 2.45) is 0 Å². The molecule has 2 aromatic rings. The van der Waals surface area contributed by atoms with Crippen molar-refractivity contribution in [3.8, 4) is 11.5 Å². The smallest absolute Gasteiger partial charge is 0.339 e. The van der Waals surface area contributed by atoms with Crippen LogP contribution in [0.3, 0.4) is 0 Å². The predicted octanol–water partition coefficient (Wildman–Crippen LogP) is 3.08. The predicted molar refractivity (Wildman–Crippen MR) is 93.4 cm³/mol. The van der Waals surface area contributed by atoms with Gasteiger partial charge in [0.05, 0.1) is 0 Å². The molecule has 0 saturated heterocycles. The van der Waals surface area contributed by atoms with E-state index in [9.17, 15) is 4.79 Å². The molecule has 128 valence electrons. The molecule has 0 atom stereocenters. The highest BCUT2D eigenvalue weighted by Gasteiger charge is 2.15. The van der Waals surface area contributed by atoms with E-state index in [0.717, 1.165) is 24.4 Å². The molecular formula is C18H20ClNO4. The third-order valence-corrected chi connectivity index (χ3v) is 3.81. The van der Waals surface area contributed by atoms with Crippen LogP contribution in [0.25, 0.3) is 0 Å². The minimum atomic E-state index is -0.974. The zero-order valence-corrected chi connectivity index (χ0v) is 14.0. The Morgan fingerprint density at radius 3 is 2.75 bits per heavy atom. The molecule has 1 aliphatic heterocycles. The van der Waals surface area contributed by atoms with Gasteiger partial charge in [0.15, 0.2) is 0 Å². The molecule has 0 radical (unpaired) electrons. The highest BCUT2D eigenvalue weighted by atomic mass is 35.5. The lowest BCUT2D eigenvalue weighted by molar-refractivity contribution is 0.0691. The number of carbonyl (C=O) groups is 1. The van der Waals surface area contributed by atoms with Crippen molar-refractivity contribution in [2.45, 2.75) is 6.54 Å². The first-order valence-corrected chi connectivity index (χ1v) is 7.62. The van der Waals surface area contributed by atoms with Gasteiger partial charge in [-0.15, -0.1) is 12.4 Å². The van der Waals surface area contributed by atoms with Crippen LogP contribution in [0.5, 0.6) is 11.5 Å². The van der Waals surface area contributed by atoms with Gasteiger partial charge in [0.1, 0.15) is 30.3 Å². The summed E-state index contributed by atoms with van der Waals surface area (Å²) in [5, 5.41) is 9.15. The minimum absolute atomic E-state index is 0. The summed E-state index contributed by atoms with van der Waals surface area (Å²) in [6, 6.07) is 14.7. The van der Waals surface area contributed by atoms with Crippen LogP contribution in [0.2, 0.25) is 0 Å². The second kappa shape index (κ2) is 8.57. The van der Waals surface area contributed by atoms with Crippen molar-refractivity contribution < 1.29 is 19.4 Å². The molecule has 3 rings (SSSR count). The molecule has 0 spiro atoms. The van der Waals surface area contributed by atoms with Gasteiger partial charge in [-0.3, -0.25) is 4.90 Å². The summed E-state index contributed by atoms with van der Waals surface area (Å²) in [6.07, 6.45) is 0. The van der Waals surface area contributed by atoms with Crippen LogP contribution >= 0.6 is 12.4 Å². The molecule has 1 heterocycles. The van der Waals surface area contributed by atoms with Crippen LogP contribution in [0, 0.1) is 0 Å². The van der Waals surface area contributed by atoms with E-state index < -0.39 is 5.97 Å². The first-order chi connectivity index (χ1) is 11.2. The summed E-state index contributed by atoms with van der Waals surface area (Å²) in [7, 11) is 0. The average molecular weight is 350 g/mol. The van der Waals surface area contributed by atoms with Crippen molar-refractivity contribution in [3.05, 3.63) is 59.7 Å².